The monoisotopic (exact) mass is 263 g/mol. The van der Waals surface area contributed by atoms with E-state index >= 15 is 0 Å². The van der Waals surface area contributed by atoms with Gasteiger partial charge >= 0.3 is 7.12 Å². The molecule has 2 atom stereocenters. The summed E-state index contributed by atoms with van der Waals surface area (Å²) in [6.07, 6.45) is 1.27. The van der Waals surface area contributed by atoms with Crippen LogP contribution in [0, 0.1) is 0 Å². The van der Waals surface area contributed by atoms with E-state index < -0.39 is 7.12 Å². The van der Waals surface area contributed by atoms with E-state index in [1.54, 1.807) is 6.07 Å². The second-order valence-electron chi connectivity index (χ2n) is 5.21. The lowest BCUT2D eigenvalue weighted by Gasteiger charge is -2.38. The Balaban J connectivity index is 2.14. The maximum Gasteiger partial charge on any atom is 0.488 e. The van der Waals surface area contributed by atoms with Gasteiger partial charge in [0.05, 0.1) is 12.7 Å². The summed E-state index contributed by atoms with van der Waals surface area (Å²) in [5.74, 6) is 0. The second-order valence-corrected chi connectivity index (χ2v) is 5.21. The molecule has 19 heavy (non-hydrogen) atoms. The van der Waals surface area contributed by atoms with Crippen molar-refractivity contribution in [3.8, 4) is 0 Å². The van der Waals surface area contributed by atoms with Gasteiger partial charge in [0.1, 0.15) is 0 Å². The maximum atomic E-state index is 9.42. The Hall–Kier alpha value is -0.875. The summed E-state index contributed by atoms with van der Waals surface area (Å²) in [7, 11) is -1.41. The van der Waals surface area contributed by atoms with Gasteiger partial charge in [0.25, 0.3) is 0 Å². The molecular formula is C14H22BNO3. The minimum absolute atomic E-state index is 0.231. The minimum Gasteiger partial charge on any atom is -0.423 e. The van der Waals surface area contributed by atoms with Crippen molar-refractivity contribution in [3.05, 3.63) is 29.8 Å². The zero-order valence-electron chi connectivity index (χ0n) is 11.6. The first-order valence-electron chi connectivity index (χ1n) is 6.91. The Bertz CT molecular complexity index is 413. The number of nitrogens with zero attached hydrogens (tertiary/aromatic N) is 1. The highest BCUT2D eigenvalue weighted by atomic mass is 16.5. The molecule has 1 fully saturated rings. The molecule has 0 saturated carbocycles. The van der Waals surface area contributed by atoms with Crippen LogP contribution in [-0.2, 0) is 11.3 Å². The van der Waals surface area contributed by atoms with Crippen molar-refractivity contribution in [1.82, 2.24) is 4.90 Å². The van der Waals surface area contributed by atoms with Crippen molar-refractivity contribution in [2.45, 2.75) is 39.0 Å². The second kappa shape index (κ2) is 6.52. The molecule has 0 aliphatic carbocycles. The van der Waals surface area contributed by atoms with Crippen LogP contribution in [0.15, 0.2) is 24.3 Å². The molecule has 0 aromatic heterocycles. The summed E-state index contributed by atoms with van der Waals surface area (Å²) in [5, 5.41) is 18.8. The van der Waals surface area contributed by atoms with E-state index in [-0.39, 0.29) is 6.10 Å². The van der Waals surface area contributed by atoms with Crippen LogP contribution in [0.3, 0.4) is 0 Å². The fourth-order valence-corrected chi connectivity index (χ4v) is 2.63. The molecule has 0 radical (unpaired) electrons. The van der Waals surface area contributed by atoms with Crippen molar-refractivity contribution >= 4 is 12.6 Å². The molecule has 0 bridgehead atoms. The van der Waals surface area contributed by atoms with Gasteiger partial charge in [-0.15, -0.1) is 0 Å². The number of hydrogen-bond acceptors (Lipinski definition) is 4. The van der Waals surface area contributed by atoms with Crippen molar-refractivity contribution < 1.29 is 14.8 Å². The summed E-state index contributed by atoms with van der Waals surface area (Å²) in [5.41, 5.74) is 1.57. The lowest BCUT2D eigenvalue weighted by atomic mass is 9.77. The third kappa shape index (κ3) is 3.57. The quantitative estimate of drug-likeness (QED) is 0.770. The molecule has 1 heterocycles. The molecule has 2 unspecified atom stereocenters. The van der Waals surface area contributed by atoms with Gasteiger partial charge in [-0.1, -0.05) is 31.2 Å². The fraction of sp³-hybridized carbons (Fsp3) is 0.571. The van der Waals surface area contributed by atoms with Crippen LogP contribution in [0.1, 0.15) is 25.8 Å². The number of benzene rings is 1. The number of ether oxygens (including phenoxy) is 1. The van der Waals surface area contributed by atoms with Crippen LogP contribution in [0.5, 0.6) is 0 Å². The molecule has 1 aromatic carbocycles. The van der Waals surface area contributed by atoms with Gasteiger partial charge in [-0.2, -0.15) is 0 Å². The Kier molecular flexibility index (Phi) is 4.99. The van der Waals surface area contributed by atoms with E-state index in [1.807, 2.05) is 18.2 Å². The van der Waals surface area contributed by atoms with Crippen molar-refractivity contribution in [3.63, 3.8) is 0 Å². The van der Waals surface area contributed by atoms with Crippen molar-refractivity contribution in [2.75, 3.05) is 13.2 Å². The zero-order valence-corrected chi connectivity index (χ0v) is 11.6. The molecule has 1 aromatic rings. The Labute approximate surface area is 115 Å². The van der Waals surface area contributed by atoms with Crippen LogP contribution in [0.4, 0.5) is 0 Å². The minimum atomic E-state index is -1.41. The first kappa shape index (κ1) is 14.5. The molecule has 1 saturated heterocycles. The molecule has 4 nitrogen and oxygen atoms in total. The molecule has 1 aliphatic rings. The molecule has 104 valence electrons. The summed E-state index contributed by atoms with van der Waals surface area (Å²) in [6.45, 7) is 6.60. The van der Waals surface area contributed by atoms with E-state index in [4.69, 9.17) is 4.74 Å². The van der Waals surface area contributed by atoms with Gasteiger partial charge in [0, 0.05) is 19.1 Å². The standard InChI is InChI=1S/C14H22BNO3/c1-3-13-10-19-11(2)8-16(13)9-12-6-4-5-7-14(12)15(17)18/h4-7,11,13,17-18H,3,8-10H2,1-2H3. The first-order valence-corrected chi connectivity index (χ1v) is 6.91. The number of rotatable bonds is 4. The molecule has 1 aliphatic heterocycles. The van der Waals surface area contributed by atoms with Crippen LogP contribution in [0.2, 0.25) is 0 Å². The number of hydrogen-bond donors (Lipinski definition) is 2. The maximum absolute atomic E-state index is 9.42. The third-order valence-corrected chi connectivity index (χ3v) is 3.76. The Morgan fingerprint density at radius 1 is 1.37 bits per heavy atom. The van der Waals surface area contributed by atoms with Gasteiger partial charge < -0.3 is 14.8 Å². The zero-order chi connectivity index (χ0) is 13.8. The van der Waals surface area contributed by atoms with Crippen LogP contribution in [-0.4, -0.2) is 47.4 Å². The predicted octanol–water partition coefficient (Wildman–Crippen LogP) is 0.366. The van der Waals surface area contributed by atoms with Gasteiger partial charge in [0.2, 0.25) is 0 Å². The summed E-state index contributed by atoms with van der Waals surface area (Å²) in [4.78, 5) is 2.37. The Morgan fingerprint density at radius 2 is 2.11 bits per heavy atom. The van der Waals surface area contributed by atoms with E-state index in [1.165, 1.54) is 0 Å². The lowest BCUT2D eigenvalue weighted by Crippen LogP contribution is -2.49. The average molecular weight is 263 g/mol. The summed E-state index contributed by atoms with van der Waals surface area (Å²) in [6, 6.07) is 7.90. The van der Waals surface area contributed by atoms with E-state index in [0.29, 0.717) is 11.5 Å². The fourth-order valence-electron chi connectivity index (χ4n) is 2.63. The van der Waals surface area contributed by atoms with Crippen LogP contribution < -0.4 is 5.46 Å². The average Bonchev–Trinajstić information content (AvgIpc) is 2.39. The first-order chi connectivity index (χ1) is 9.11. The molecule has 2 rings (SSSR count). The lowest BCUT2D eigenvalue weighted by molar-refractivity contribution is -0.0591. The number of morpholine rings is 1. The van der Waals surface area contributed by atoms with Gasteiger partial charge in [0.15, 0.2) is 0 Å². The third-order valence-electron chi connectivity index (χ3n) is 3.76. The van der Waals surface area contributed by atoms with Gasteiger partial charge in [-0.05, 0) is 24.4 Å². The highest BCUT2D eigenvalue weighted by Gasteiger charge is 2.27. The van der Waals surface area contributed by atoms with Crippen LogP contribution in [0.25, 0.3) is 0 Å². The van der Waals surface area contributed by atoms with Gasteiger partial charge in [-0.25, -0.2) is 0 Å². The Morgan fingerprint density at radius 3 is 2.79 bits per heavy atom. The topological polar surface area (TPSA) is 52.9 Å². The highest BCUT2D eigenvalue weighted by molar-refractivity contribution is 6.59. The largest absolute Gasteiger partial charge is 0.488 e. The highest BCUT2D eigenvalue weighted by Crippen LogP contribution is 2.17. The molecule has 0 spiro atoms. The van der Waals surface area contributed by atoms with Crippen LogP contribution >= 0.6 is 0 Å². The SMILES string of the molecule is CCC1COC(C)CN1Cc1ccccc1B(O)O. The van der Waals surface area contributed by atoms with Crippen molar-refractivity contribution in [2.24, 2.45) is 0 Å². The van der Waals surface area contributed by atoms with E-state index in [2.05, 4.69) is 18.7 Å². The van der Waals surface area contributed by atoms with Gasteiger partial charge in [-0.3, -0.25) is 4.90 Å². The smallest absolute Gasteiger partial charge is 0.423 e. The summed E-state index contributed by atoms with van der Waals surface area (Å²) >= 11 is 0. The van der Waals surface area contributed by atoms with Crippen molar-refractivity contribution in [1.29, 1.82) is 0 Å². The predicted molar refractivity (Wildman–Crippen MR) is 76.2 cm³/mol. The molecule has 2 N–H and O–H groups in total. The summed E-state index contributed by atoms with van der Waals surface area (Å²) < 4.78 is 5.69. The van der Waals surface area contributed by atoms with E-state index in [9.17, 15) is 10.0 Å². The molecule has 0 amide bonds. The molecular weight excluding hydrogens is 241 g/mol. The molecule has 5 heteroatoms. The van der Waals surface area contributed by atoms with E-state index in [0.717, 1.165) is 31.7 Å². The normalized spacial score (nSPS) is 24.4.